The number of nitrogens with zero attached hydrogens (tertiary/aromatic N) is 6. The fourth-order valence-corrected chi connectivity index (χ4v) is 8.04. The van der Waals surface area contributed by atoms with Crippen molar-refractivity contribution >= 4 is 23.4 Å². The zero-order chi connectivity index (χ0) is 37.6. The van der Waals surface area contributed by atoms with Gasteiger partial charge in [-0.15, -0.1) is 0 Å². The largest absolute Gasteiger partial charge is 0.487 e. The van der Waals surface area contributed by atoms with Crippen molar-refractivity contribution < 1.29 is 23.5 Å². The van der Waals surface area contributed by atoms with E-state index in [0.717, 1.165) is 75.2 Å². The van der Waals surface area contributed by atoms with E-state index in [1.54, 1.807) is 29.2 Å². The molecule has 0 radical (unpaired) electrons. The van der Waals surface area contributed by atoms with Gasteiger partial charge in [0, 0.05) is 86.5 Å². The fourth-order valence-electron chi connectivity index (χ4n) is 8.04. The molecule has 54 heavy (non-hydrogen) atoms. The summed E-state index contributed by atoms with van der Waals surface area (Å²) >= 11 is 0. The van der Waals surface area contributed by atoms with Gasteiger partial charge in [-0.3, -0.25) is 34.6 Å². The van der Waals surface area contributed by atoms with E-state index in [-0.39, 0.29) is 30.2 Å². The van der Waals surface area contributed by atoms with Gasteiger partial charge in [0.15, 0.2) is 5.78 Å². The van der Waals surface area contributed by atoms with E-state index in [2.05, 4.69) is 27.0 Å². The second kappa shape index (κ2) is 17.2. The molecule has 1 aromatic carbocycles. The molecule has 6 heterocycles. The number of hydrogen-bond acceptors (Lipinski definition) is 9. The average Bonchev–Trinajstić information content (AvgIpc) is 3.18. The van der Waals surface area contributed by atoms with Crippen molar-refractivity contribution in [1.29, 1.82) is 0 Å². The van der Waals surface area contributed by atoms with Crippen LogP contribution < -0.4 is 15.6 Å². The highest BCUT2D eigenvalue weighted by molar-refractivity contribution is 6.22. The number of imide groups is 1. The van der Waals surface area contributed by atoms with Crippen molar-refractivity contribution in [3.05, 3.63) is 93.7 Å². The van der Waals surface area contributed by atoms with Gasteiger partial charge in [0.25, 0.3) is 5.56 Å². The summed E-state index contributed by atoms with van der Waals surface area (Å²) in [6.07, 6.45) is 9.04. The number of Topliss-reactive ketones (excluding diaryl/α,β-unsaturated/α-hetero) is 1. The van der Waals surface area contributed by atoms with Gasteiger partial charge < -0.3 is 19.1 Å². The summed E-state index contributed by atoms with van der Waals surface area (Å²) in [4.78, 5) is 65.0. The lowest BCUT2D eigenvalue weighted by Gasteiger charge is -2.39. The predicted octanol–water partition coefficient (Wildman–Crippen LogP) is 4.48. The van der Waals surface area contributed by atoms with Gasteiger partial charge in [-0.2, -0.15) is 0 Å². The number of amides is 3. The molecule has 3 atom stereocenters. The van der Waals surface area contributed by atoms with Crippen molar-refractivity contribution in [3.8, 4) is 5.75 Å². The standard InChI is InChI=1S/C41H50FN7O5/c1-2-3-6-35-39(51)33-24-43-16-11-32(33)38(44-35)29-7-9-31(10-8-29)54-36-14-20-47(27-34(36)42)25-28-12-18-46(19-13-28)22-23-48-17-4-5-30(40(48)52)26-49-21-15-37(50)45-41(49)53/h4-5,7-11,16-17,24,28,34-36H,2-3,6,12-15,18-23,25-27H2,1H3,(H,45,50,53)/t34-,35?,36-/m0/s1. The number of piperidine rings is 2. The summed E-state index contributed by atoms with van der Waals surface area (Å²) in [5, 5.41) is 2.31. The number of aromatic nitrogens is 2. The Morgan fingerprint density at radius 1 is 0.926 bits per heavy atom. The fraction of sp³-hybridized carbons (Fsp3) is 0.512. The first-order valence-electron chi connectivity index (χ1n) is 19.4. The zero-order valence-electron chi connectivity index (χ0n) is 31.0. The number of hydrogen-bond donors (Lipinski definition) is 1. The number of aliphatic imine (C=N–C) groups is 1. The van der Waals surface area contributed by atoms with Crippen LogP contribution in [-0.4, -0.2) is 112 Å². The molecule has 0 aliphatic carbocycles. The molecule has 0 spiro atoms. The van der Waals surface area contributed by atoms with Crippen molar-refractivity contribution in [2.24, 2.45) is 10.9 Å². The van der Waals surface area contributed by atoms with Crippen LogP contribution in [0.2, 0.25) is 0 Å². The highest BCUT2D eigenvalue weighted by Gasteiger charge is 2.33. The van der Waals surface area contributed by atoms with Crippen LogP contribution in [0.15, 0.2) is 70.8 Å². The maximum Gasteiger partial charge on any atom is 0.324 e. The van der Waals surface area contributed by atoms with Gasteiger partial charge in [-0.25, -0.2) is 9.18 Å². The molecule has 0 bridgehead atoms. The first-order valence-corrected chi connectivity index (χ1v) is 19.4. The monoisotopic (exact) mass is 739 g/mol. The van der Waals surface area contributed by atoms with Crippen LogP contribution in [0.5, 0.6) is 5.75 Å². The summed E-state index contributed by atoms with van der Waals surface area (Å²) in [6, 6.07) is 12.2. The summed E-state index contributed by atoms with van der Waals surface area (Å²) in [7, 11) is 0. The maximum atomic E-state index is 15.5. The lowest BCUT2D eigenvalue weighted by Crippen LogP contribution is -2.49. The van der Waals surface area contributed by atoms with Gasteiger partial charge in [0.1, 0.15) is 24.1 Å². The summed E-state index contributed by atoms with van der Waals surface area (Å²) in [5.74, 6) is 0.851. The number of nitrogens with one attached hydrogen (secondary N) is 1. The number of alkyl halides is 1. The van der Waals surface area contributed by atoms with E-state index in [9.17, 15) is 19.2 Å². The molecule has 3 fully saturated rings. The molecular formula is C41H50FN7O5. The highest BCUT2D eigenvalue weighted by atomic mass is 19.1. The second-order valence-electron chi connectivity index (χ2n) is 15.0. The Morgan fingerprint density at radius 3 is 2.48 bits per heavy atom. The Balaban J connectivity index is 0.853. The third-order valence-electron chi connectivity index (χ3n) is 11.2. The number of fused-ring (bicyclic) bond motifs is 1. The van der Waals surface area contributed by atoms with Crippen LogP contribution >= 0.6 is 0 Å². The molecule has 1 N–H and O–H groups in total. The molecule has 3 aromatic rings. The molecule has 12 nitrogen and oxygen atoms in total. The first kappa shape index (κ1) is 37.6. The lowest BCUT2D eigenvalue weighted by molar-refractivity contribution is -0.121. The minimum absolute atomic E-state index is 0.0267. The summed E-state index contributed by atoms with van der Waals surface area (Å²) in [6.45, 7) is 7.77. The third-order valence-corrected chi connectivity index (χ3v) is 11.2. The Labute approximate surface area is 315 Å². The molecular weight excluding hydrogens is 689 g/mol. The Morgan fingerprint density at radius 2 is 1.72 bits per heavy atom. The molecule has 3 saturated heterocycles. The van der Waals surface area contributed by atoms with Crippen LogP contribution in [0.1, 0.15) is 78.9 Å². The molecule has 3 amide bonds. The van der Waals surface area contributed by atoms with Crippen molar-refractivity contribution in [1.82, 2.24) is 29.6 Å². The molecule has 13 heteroatoms. The van der Waals surface area contributed by atoms with E-state index >= 15 is 4.39 Å². The lowest BCUT2D eigenvalue weighted by atomic mass is 9.89. The van der Waals surface area contributed by atoms with Crippen molar-refractivity contribution in [2.75, 3.05) is 45.8 Å². The van der Waals surface area contributed by atoms with Crippen LogP contribution in [0.25, 0.3) is 0 Å². The number of halogens is 1. The van der Waals surface area contributed by atoms with Crippen molar-refractivity contribution in [2.45, 2.75) is 83.3 Å². The number of urea groups is 1. The van der Waals surface area contributed by atoms with Crippen LogP contribution in [0.4, 0.5) is 9.18 Å². The normalized spacial score (nSPS) is 22.9. The Bertz CT molecular complexity index is 1910. The molecule has 7 rings (SSSR count). The van der Waals surface area contributed by atoms with E-state index < -0.39 is 24.3 Å². The first-order chi connectivity index (χ1) is 26.2. The van der Waals surface area contributed by atoms with E-state index in [0.29, 0.717) is 55.3 Å². The SMILES string of the molecule is CCCCC1N=C(c2ccc(O[C@H]3CCN(CC4CCN(CCn5cccc(CN6CCC(=O)NC6=O)c5=O)CC4)C[C@@H]3F)cc2)c2ccncc2C1=O. The topological polar surface area (TPSA) is 129 Å². The number of pyridine rings is 2. The molecule has 2 aromatic heterocycles. The Hall–Kier alpha value is -4.75. The number of rotatable bonds is 13. The quantitative estimate of drug-likeness (QED) is 0.272. The van der Waals surface area contributed by atoms with Gasteiger partial charge in [-0.1, -0.05) is 25.8 Å². The molecule has 286 valence electrons. The number of benzene rings is 1. The number of carbonyl (C=O) groups excluding carboxylic acids is 3. The van der Waals surface area contributed by atoms with Crippen LogP contribution in [0, 0.1) is 5.92 Å². The van der Waals surface area contributed by atoms with Gasteiger partial charge >= 0.3 is 6.03 Å². The smallest absolute Gasteiger partial charge is 0.324 e. The van der Waals surface area contributed by atoms with E-state index in [1.165, 1.54) is 4.90 Å². The number of unbranched alkanes of at least 4 members (excludes halogenated alkanes) is 1. The third kappa shape index (κ3) is 8.79. The van der Waals surface area contributed by atoms with Crippen LogP contribution in [-0.2, 0) is 17.9 Å². The van der Waals surface area contributed by atoms with Crippen molar-refractivity contribution in [3.63, 3.8) is 0 Å². The average molecular weight is 740 g/mol. The minimum Gasteiger partial charge on any atom is -0.487 e. The molecule has 4 aliphatic rings. The van der Waals surface area contributed by atoms with E-state index in [4.69, 9.17) is 9.73 Å². The minimum atomic E-state index is -1.09. The molecule has 4 aliphatic heterocycles. The predicted molar refractivity (Wildman–Crippen MR) is 203 cm³/mol. The Kier molecular flexibility index (Phi) is 11.9. The van der Waals surface area contributed by atoms with Gasteiger partial charge in [-0.05, 0) is 81.1 Å². The molecule has 1 unspecified atom stereocenters. The second-order valence-corrected chi connectivity index (χ2v) is 15.0. The zero-order valence-corrected chi connectivity index (χ0v) is 31.0. The summed E-state index contributed by atoms with van der Waals surface area (Å²) < 4.78 is 23.4. The molecule has 0 saturated carbocycles. The number of carbonyl (C=O) groups is 3. The number of ether oxygens (including phenoxy) is 1. The highest BCUT2D eigenvalue weighted by Crippen LogP contribution is 2.28. The number of ketones is 1. The maximum absolute atomic E-state index is 15.5. The van der Waals surface area contributed by atoms with E-state index in [1.807, 2.05) is 36.4 Å². The van der Waals surface area contributed by atoms with Gasteiger partial charge in [0.05, 0.1) is 12.3 Å². The van der Waals surface area contributed by atoms with Crippen LogP contribution in [0.3, 0.4) is 0 Å². The summed E-state index contributed by atoms with van der Waals surface area (Å²) in [5.41, 5.74) is 3.50. The number of likely N-dealkylation sites (tertiary alicyclic amines) is 2. The van der Waals surface area contributed by atoms with Gasteiger partial charge in [0.2, 0.25) is 5.91 Å².